The SMILES string of the molecule is Cc1ccc([N+](=O)[O-])c(Nc2ccc(C(C)O)cc2)n1. The van der Waals surface area contributed by atoms with Crippen molar-refractivity contribution >= 4 is 17.2 Å². The van der Waals surface area contributed by atoms with E-state index in [2.05, 4.69) is 10.3 Å². The highest BCUT2D eigenvalue weighted by Gasteiger charge is 2.15. The molecule has 0 fully saturated rings. The van der Waals surface area contributed by atoms with Crippen LogP contribution in [0.3, 0.4) is 0 Å². The molecule has 1 unspecified atom stereocenters. The highest BCUT2D eigenvalue weighted by Crippen LogP contribution is 2.26. The van der Waals surface area contributed by atoms with Crippen LogP contribution in [0.1, 0.15) is 24.3 Å². The molecule has 1 aromatic carbocycles. The smallest absolute Gasteiger partial charge is 0.311 e. The van der Waals surface area contributed by atoms with Gasteiger partial charge in [-0.05, 0) is 37.6 Å². The summed E-state index contributed by atoms with van der Waals surface area (Å²) in [5, 5.41) is 23.3. The highest BCUT2D eigenvalue weighted by atomic mass is 16.6. The minimum absolute atomic E-state index is 0.0739. The van der Waals surface area contributed by atoms with Crippen LogP contribution in [0.15, 0.2) is 36.4 Å². The Kier molecular flexibility index (Phi) is 3.95. The lowest BCUT2D eigenvalue weighted by Crippen LogP contribution is -2.01. The van der Waals surface area contributed by atoms with E-state index in [0.717, 1.165) is 5.56 Å². The molecule has 0 saturated heterocycles. The van der Waals surface area contributed by atoms with Gasteiger partial charge < -0.3 is 10.4 Å². The lowest BCUT2D eigenvalue weighted by molar-refractivity contribution is -0.384. The normalized spacial score (nSPS) is 11.9. The van der Waals surface area contributed by atoms with E-state index in [1.54, 1.807) is 44.2 Å². The van der Waals surface area contributed by atoms with Crippen molar-refractivity contribution in [1.82, 2.24) is 4.98 Å². The second kappa shape index (κ2) is 5.66. The molecule has 0 aliphatic carbocycles. The van der Waals surface area contributed by atoms with Gasteiger partial charge in [0.25, 0.3) is 0 Å². The molecular weight excluding hydrogens is 258 g/mol. The molecule has 1 heterocycles. The van der Waals surface area contributed by atoms with Crippen molar-refractivity contribution in [2.45, 2.75) is 20.0 Å². The zero-order valence-electron chi connectivity index (χ0n) is 11.2. The van der Waals surface area contributed by atoms with Crippen molar-refractivity contribution in [3.05, 3.63) is 57.8 Å². The van der Waals surface area contributed by atoms with Gasteiger partial charge in [-0.25, -0.2) is 4.98 Å². The summed E-state index contributed by atoms with van der Waals surface area (Å²) < 4.78 is 0. The summed E-state index contributed by atoms with van der Waals surface area (Å²) in [4.78, 5) is 14.6. The van der Waals surface area contributed by atoms with E-state index in [0.29, 0.717) is 11.4 Å². The molecule has 0 amide bonds. The van der Waals surface area contributed by atoms with Crippen LogP contribution < -0.4 is 5.32 Å². The molecule has 20 heavy (non-hydrogen) atoms. The van der Waals surface area contributed by atoms with Crippen LogP contribution in [-0.4, -0.2) is 15.0 Å². The Hall–Kier alpha value is -2.47. The lowest BCUT2D eigenvalue weighted by Gasteiger charge is -2.09. The fourth-order valence-electron chi connectivity index (χ4n) is 1.77. The van der Waals surface area contributed by atoms with Crippen molar-refractivity contribution in [2.24, 2.45) is 0 Å². The van der Waals surface area contributed by atoms with Crippen molar-refractivity contribution in [1.29, 1.82) is 0 Å². The van der Waals surface area contributed by atoms with Crippen LogP contribution >= 0.6 is 0 Å². The molecular formula is C14H15N3O3. The predicted octanol–water partition coefficient (Wildman–Crippen LogP) is 3.10. The van der Waals surface area contributed by atoms with Gasteiger partial charge in [0.2, 0.25) is 5.82 Å². The molecule has 2 N–H and O–H groups in total. The minimum Gasteiger partial charge on any atom is -0.389 e. The number of aliphatic hydroxyl groups excluding tert-OH is 1. The number of aromatic nitrogens is 1. The second-order valence-electron chi connectivity index (χ2n) is 4.50. The number of nitrogens with one attached hydrogen (secondary N) is 1. The number of nitro groups is 1. The average Bonchev–Trinajstić information content (AvgIpc) is 2.39. The quantitative estimate of drug-likeness (QED) is 0.660. The third-order valence-electron chi connectivity index (χ3n) is 2.87. The Balaban J connectivity index is 2.29. The van der Waals surface area contributed by atoms with E-state index < -0.39 is 11.0 Å². The van der Waals surface area contributed by atoms with Crippen LogP contribution in [-0.2, 0) is 0 Å². The maximum atomic E-state index is 11.0. The number of aryl methyl sites for hydroxylation is 1. The molecule has 0 bridgehead atoms. The van der Waals surface area contributed by atoms with Gasteiger partial charge >= 0.3 is 5.69 Å². The van der Waals surface area contributed by atoms with Crippen molar-refractivity contribution < 1.29 is 10.0 Å². The van der Waals surface area contributed by atoms with Gasteiger partial charge in [0.05, 0.1) is 11.0 Å². The van der Waals surface area contributed by atoms with Gasteiger partial charge in [-0.15, -0.1) is 0 Å². The summed E-state index contributed by atoms with van der Waals surface area (Å²) in [5.41, 5.74) is 2.08. The van der Waals surface area contributed by atoms with Gasteiger partial charge in [-0.2, -0.15) is 0 Å². The number of rotatable bonds is 4. The molecule has 1 atom stereocenters. The molecule has 6 heteroatoms. The standard InChI is InChI=1S/C14H15N3O3/c1-9-3-8-13(17(19)20)14(15-9)16-12-6-4-11(5-7-12)10(2)18/h3-8,10,18H,1-2H3,(H,15,16). The van der Waals surface area contributed by atoms with E-state index in [1.807, 2.05) is 0 Å². The average molecular weight is 273 g/mol. The first-order chi connectivity index (χ1) is 9.47. The number of anilines is 2. The summed E-state index contributed by atoms with van der Waals surface area (Å²) in [6.07, 6.45) is -0.546. The first-order valence-corrected chi connectivity index (χ1v) is 6.14. The lowest BCUT2D eigenvalue weighted by atomic mass is 10.1. The zero-order valence-corrected chi connectivity index (χ0v) is 11.2. The fraction of sp³-hybridized carbons (Fsp3) is 0.214. The molecule has 104 valence electrons. The Labute approximate surface area is 116 Å². The van der Waals surface area contributed by atoms with E-state index in [-0.39, 0.29) is 11.5 Å². The van der Waals surface area contributed by atoms with Crippen LogP contribution in [0.5, 0.6) is 0 Å². The van der Waals surface area contributed by atoms with E-state index >= 15 is 0 Å². The summed E-state index contributed by atoms with van der Waals surface area (Å²) >= 11 is 0. The fourth-order valence-corrected chi connectivity index (χ4v) is 1.77. The minimum atomic E-state index is -0.546. The van der Waals surface area contributed by atoms with Crippen LogP contribution in [0, 0.1) is 17.0 Å². The summed E-state index contributed by atoms with van der Waals surface area (Å²) in [7, 11) is 0. The number of hydrogen-bond acceptors (Lipinski definition) is 5. The summed E-state index contributed by atoms with van der Waals surface area (Å²) in [6, 6.07) is 10.0. The van der Waals surface area contributed by atoms with Gasteiger partial charge in [0, 0.05) is 17.4 Å². The maximum Gasteiger partial charge on any atom is 0.311 e. The monoisotopic (exact) mass is 273 g/mol. The van der Waals surface area contributed by atoms with Crippen LogP contribution in [0.2, 0.25) is 0 Å². The van der Waals surface area contributed by atoms with Gasteiger partial charge in [0.1, 0.15) is 0 Å². The molecule has 6 nitrogen and oxygen atoms in total. The largest absolute Gasteiger partial charge is 0.389 e. The van der Waals surface area contributed by atoms with Gasteiger partial charge in [-0.1, -0.05) is 12.1 Å². The number of aliphatic hydroxyl groups is 1. The molecule has 2 rings (SSSR count). The third-order valence-corrected chi connectivity index (χ3v) is 2.87. The first kappa shape index (κ1) is 14.0. The van der Waals surface area contributed by atoms with E-state index in [4.69, 9.17) is 0 Å². The molecule has 1 aromatic heterocycles. The highest BCUT2D eigenvalue weighted by molar-refractivity contribution is 5.65. The van der Waals surface area contributed by atoms with Gasteiger partial charge in [-0.3, -0.25) is 10.1 Å². The molecule has 0 aliphatic heterocycles. The topological polar surface area (TPSA) is 88.3 Å². The van der Waals surface area contributed by atoms with Crippen molar-refractivity contribution in [3.8, 4) is 0 Å². The van der Waals surface area contributed by atoms with Crippen LogP contribution in [0.25, 0.3) is 0 Å². The molecule has 0 saturated carbocycles. The number of pyridine rings is 1. The second-order valence-corrected chi connectivity index (χ2v) is 4.50. The number of nitrogens with zero attached hydrogens (tertiary/aromatic N) is 2. The third kappa shape index (κ3) is 3.10. The van der Waals surface area contributed by atoms with E-state index in [1.165, 1.54) is 6.07 Å². The molecule has 2 aromatic rings. The van der Waals surface area contributed by atoms with Crippen LogP contribution in [0.4, 0.5) is 17.2 Å². The molecule has 0 spiro atoms. The number of hydrogen-bond donors (Lipinski definition) is 2. The van der Waals surface area contributed by atoms with Crippen molar-refractivity contribution in [2.75, 3.05) is 5.32 Å². The van der Waals surface area contributed by atoms with Crippen molar-refractivity contribution in [3.63, 3.8) is 0 Å². The summed E-state index contributed by atoms with van der Waals surface area (Å²) in [6.45, 7) is 3.45. The zero-order chi connectivity index (χ0) is 14.7. The Bertz CT molecular complexity index is 624. The Morgan fingerprint density at radius 2 is 1.90 bits per heavy atom. The molecule has 0 radical (unpaired) electrons. The Morgan fingerprint density at radius 1 is 1.25 bits per heavy atom. The first-order valence-electron chi connectivity index (χ1n) is 6.14. The summed E-state index contributed by atoms with van der Waals surface area (Å²) in [5.74, 6) is 0.208. The van der Waals surface area contributed by atoms with Gasteiger partial charge in [0.15, 0.2) is 0 Å². The number of benzene rings is 1. The molecule has 0 aliphatic rings. The Morgan fingerprint density at radius 3 is 2.45 bits per heavy atom. The predicted molar refractivity (Wildman–Crippen MR) is 76.0 cm³/mol. The maximum absolute atomic E-state index is 11.0. The van der Waals surface area contributed by atoms with E-state index in [9.17, 15) is 15.2 Å².